The van der Waals surface area contributed by atoms with Gasteiger partial charge in [-0.05, 0) is 36.8 Å². The molecule has 0 bridgehead atoms. The molecule has 0 aliphatic heterocycles. The van der Waals surface area contributed by atoms with Crippen molar-refractivity contribution in [1.82, 2.24) is 4.57 Å². The molecule has 0 radical (unpaired) electrons. The van der Waals surface area contributed by atoms with Gasteiger partial charge in [0.05, 0.1) is 18.3 Å². The summed E-state index contributed by atoms with van der Waals surface area (Å²) in [5.41, 5.74) is 1.68. The van der Waals surface area contributed by atoms with Crippen LogP contribution in [0.25, 0.3) is 0 Å². The molecule has 2 atom stereocenters. The molecular weight excluding hydrogens is 262 g/mol. The predicted octanol–water partition coefficient (Wildman–Crippen LogP) is 3.43. The molecule has 4 heteroatoms. The second-order valence-corrected chi connectivity index (χ2v) is 5.04. The minimum Gasteiger partial charge on any atom is -0.383 e. The van der Waals surface area contributed by atoms with Crippen molar-refractivity contribution >= 4 is 11.6 Å². The standard InChI is InChI=1S/C15H18ClNO2/c1-11(10-19-2)17-9-3-4-14(17)15(18)12-5-7-13(16)8-6-12/h3-9,11,15,18H,10H2,1-2H3/t11-,15?/m1/s1. The second-order valence-electron chi connectivity index (χ2n) is 4.60. The van der Waals surface area contributed by atoms with Gasteiger partial charge in [0, 0.05) is 18.3 Å². The van der Waals surface area contributed by atoms with Gasteiger partial charge in [-0.1, -0.05) is 23.7 Å². The fourth-order valence-electron chi connectivity index (χ4n) is 2.18. The highest BCUT2D eigenvalue weighted by Gasteiger charge is 2.17. The smallest absolute Gasteiger partial charge is 0.119 e. The summed E-state index contributed by atoms with van der Waals surface area (Å²) < 4.78 is 7.19. The number of hydrogen-bond donors (Lipinski definition) is 1. The molecule has 3 nitrogen and oxygen atoms in total. The van der Waals surface area contributed by atoms with E-state index in [0.717, 1.165) is 11.3 Å². The SMILES string of the molecule is COC[C@@H](C)n1cccc1C(O)c1ccc(Cl)cc1. The van der Waals surface area contributed by atoms with E-state index in [9.17, 15) is 5.11 Å². The zero-order valence-corrected chi connectivity index (χ0v) is 11.8. The zero-order chi connectivity index (χ0) is 13.8. The summed E-state index contributed by atoms with van der Waals surface area (Å²) in [5, 5.41) is 11.1. The fraction of sp³-hybridized carbons (Fsp3) is 0.333. The number of aromatic nitrogens is 1. The number of nitrogens with zero attached hydrogens (tertiary/aromatic N) is 1. The van der Waals surface area contributed by atoms with Gasteiger partial charge in [0.15, 0.2) is 0 Å². The molecule has 0 aliphatic rings. The Hall–Kier alpha value is -1.29. The highest BCUT2D eigenvalue weighted by Crippen LogP contribution is 2.26. The average Bonchev–Trinajstić information content (AvgIpc) is 2.88. The lowest BCUT2D eigenvalue weighted by atomic mass is 10.1. The van der Waals surface area contributed by atoms with E-state index in [-0.39, 0.29) is 6.04 Å². The van der Waals surface area contributed by atoms with Gasteiger partial charge in [-0.3, -0.25) is 0 Å². The minimum absolute atomic E-state index is 0.178. The molecule has 0 fully saturated rings. The van der Waals surface area contributed by atoms with Gasteiger partial charge in [0.2, 0.25) is 0 Å². The van der Waals surface area contributed by atoms with Crippen molar-refractivity contribution in [3.05, 3.63) is 58.9 Å². The van der Waals surface area contributed by atoms with Gasteiger partial charge in [0.25, 0.3) is 0 Å². The molecule has 0 amide bonds. The van der Waals surface area contributed by atoms with Crippen LogP contribution in [0.15, 0.2) is 42.6 Å². The first-order valence-electron chi connectivity index (χ1n) is 6.22. The molecule has 2 aromatic rings. The van der Waals surface area contributed by atoms with Gasteiger partial charge in [-0.25, -0.2) is 0 Å². The summed E-state index contributed by atoms with van der Waals surface area (Å²) in [6.07, 6.45) is 1.30. The van der Waals surface area contributed by atoms with Gasteiger partial charge in [0.1, 0.15) is 6.10 Å². The van der Waals surface area contributed by atoms with Crippen LogP contribution in [0.4, 0.5) is 0 Å². The average molecular weight is 280 g/mol. The molecule has 1 aromatic carbocycles. The van der Waals surface area contributed by atoms with Gasteiger partial charge < -0.3 is 14.4 Å². The summed E-state index contributed by atoms with van der Waals surface area (Å²) in [5.74, 6) is 0. The van der Waals surface area contributed by atoms with Gasteiger partial charge in [-0.15, -0.1) is 0 Å². The summed E-state index contributed by atoms with van der Waals surface area (Å²) in [7, 11) is 1.68. The number of hydrogen-bond acceptors (Lipinski definition) is 2. The van der Waals surface area contributed by atoms with Crippen LogP contribution in [0.3, 0.4) is 0 Å². The van der Waals surface area contributed by atoms with E-state index >= 15 is 0 Å². The Morgan fingerprint density at radius 3 is 2.58 bits per heavy atom. The van der Waals surface area contributed by atoms with Crippen molar-refractivity contribution in [2.75, 3.05) is 13.7 Å². The molecule has 1 unspecified atom stereocenters. The normalized spacial score (nSPS) is 14.3. The maximum atomic E-state index is 10.5. The molecule has 102 valence electrons. The molecule has 2 rings (SSSR count). The number of aliphatic hydroxyl groups excluding tert-OH is 1. The van der Waals surface area contributed by atoms with Crippen molar-refractivity contribution < 1.29 is 9.84 Å². The molecule has 1 aromatic heterocycles. The highest BCUT2D eigenvalue weighted by molar-refractivity contribution is 6.30. The quantitative estimate of drug-likeness (QED) is 0.910. The molecule has 1 heterocycles. The van der Waals surface area contributed by atoms with E-state index < -0.39 is 6.10 Å². The number of halogens is 1. The fourth-order valence-corrected chi connectivity index (χ4v) is 2.30. The Morgan fingerprint density at radius 2 is 1.95 bits per heavy atom. The van der Waals surface area contributed by atoms with Crippen molar-refractivity contribution in [2.24, 2.45) is 0 Å². The first-order chi connectivity index (χ1) is 9.13. The minimum atomic E-state index is -0.661. The van der Waals surface area contributed by atoms with Crippen molar-refractivity contribution in [2.45, 2.75) is 19.1 Å². The van der Waals surface area contributed by atoms with Crippen LogP contribution in [0, 0.1) is 0 Å². The van der Waals surface area contributed by atoms with E-state index in [2.05, 4.69) is 6.92 Å². The zero-order valence-electron chi connectivity index (χ0n) is 11.1. The number of aliphatic hydroxyl groups is 1. The molecule has 19 heavy (non-hydrogen) atoms. The van der Waals surface area contributed by atoms with Crippen LogP contribution in [0.5, 0.6) is 0 Å². The first kappa shape index (κ1) is 14.1. The van der Waals surface area contributed by atoms with Crippen LogP contribution in [-0.2, 0) is 4.74 Å². The highest BCUT2D eigenvalue weighted by atomic mass is 35.5. The maximum Gasteiger partial charge on any atom is 0.119 e. The van der Waals surface area contributed by atoms with E-state index in [1.165, 1.54) is 0 Å². The third-order valence-corrected chi connectivity index (χ3v) is 3.41. The lowest BCUT2D eigenvalue weighted by molar-refractivity contribution is 0.152. The van der Waals surface area contributed by atoms with Crippen LogP contribution in [-0.4, -0.2) is 23.4 Å². The Labute approximate surface area is 118 Å². The van der Waals surface area contributed by atoms with E-state index in [1.54, 1.807) is 19.2 Å². The molecule has 0 aliphatic carbocycles. The number of ether oxygens (including phenoxy) is 1. The van der Waals surface area contributed by atoms with Crippen LogP contribution in [0.1, 0.15) is 30.3 Å². The molecular formula is C15H18ClNO2. The number of benzene rings is 1. The maximum absolute atomic E-state index is 10.5. The number of rotatable bonds is 5. The summed E-state index contributed by atoms with van der Waals surface area (Å²) >= 11 is 5.86. The van der Waals surface area contributed by atoms with Crippen LogP contribution < -0.4 is 0 Å². The van der Waals surface area contributed by atoms with E-state index in [1.807, 2.05) is 35.0 Å². The van der Waals surface area contributed by atoms with Crippen LogP contribution in [0.2, 0.25) is 5.02 Å². The Morgan fingerprint density at radius 1 is 1.26 bits per heavy atom. The number of methoxy groups -OCH3 is 1. The second kappa shape index (κ2) is 6.24. The van der Waals surface area contributed by atoms with Gasteiger partial charge in [-0.2, -0.15) is 0 Å². The molecule has 0 saturated carbocycles. The largest absolute Gasteiger partial charge is 0.383 e. The third kappa shape index (κ3) is 3.18. The summed E-state index contributed by atoms with van der Waals surface area (Å²) in [6.45, 7) is 2.66. The Bertz CT molecular complexity index is 521. The Balaban J connectivity index is 2.26. The van der Waals surface area contributed by atoms with E-state index in [0.29, 0.717) is 11.6 Å². The molecule has 1 N–H and O–H groups in total. The predicted molar refractivity (Wildman–Crippen MR) is 76.5 cm³/mol. The lowest BCUT2D eigenvalue weighted by Gasteiger charge is -2.20. The van der Waals surface area contributed by atoms with Crippen molar-refractivity contribution in [1.29, 1.82) is 0 Å². The van der Waals surface area contributed by atoms with Crippen LogP contribution >= 0.6 is 11.6 Å². The summed E-state index contributed by atoms with van der Waals surface area (Å²) in [4.78, 5) is 0. The third-order valence-electron chi connectivity index (χ3n) is 3.16. The lowest BCUT2D eigenvalue weighted by Crippen LogP contribution is -2.15. The first-order valence-corrected chi connectivity index (χ1v) is 6.60. The molecule has 0 saturated heterocycles. The topological polar surface area (TPSA) is 34.4 Å². The summed E-state index contributed by atoms with van der Waals surface area (Å²) in [6, 6.07) is 11.3. The van der Waals surface area contributed by atoms with Crippen molar-refractivity contribution in [3.63, 3.8) is 0 Å². The van der Waals surface area contributed by atoms with E-state index in [4.69, 9.17) is 16.3 Å². The monoisotopic (exact) mass is 279 g/mol. The molecule has 0 spiro atoms. The Kier molecular flexibility index (Phi) is 4.64. The van der Waals surface area contributed by atoms with Gasteiger partial charge >= 0.3 is 0 Å². The van der Waals surface area contributed by atoms with Crippen molar-refractivity contribution in [3.8, 4) is 0 Å².